The summed E-state index contributed by atoms with van der Waals surface area (Å²) in [5.74, 6) is -1.22. The van der Waals surface area contributed by atoms with E-state index in [4.69, 9.17) is 5.11 Å². The lowest BCUT2D eigenvalue weighted by molar-refractivity contribution is 0.0694. The monoisotopic (exact) mass is 269 g/mol. The lowest BCUT2D eigenvalue weighted by atomic mass is 10.3. The van der Waals surface area contributed by atoms with E-state index in [9.17, 15) is 9.59 Å². The van der Waals surface area contributed by atoms with Crippen LogP contribution >= 0.6 is 0 Å². The normalized spacial score (nSPS) is 10.8. The van der Waals surface area contributed by atoms with Gasteiger partial charge >= 0.3 is 5.97 Å². The molecule has 0 unspecified atom stereocenters. The van der Waals surface area contributed by atoms with Crippen molar-refractivity contribution in [3.05, 3.63) is 70.5 Å². The average molecular weight is 269 g/mol. The summed E-state index contributed by atoms with van der Waals surface area (Å²) >= 11 is 0. The van der Waals surface area contributed by atoms with Crippen LogP contribution in [0.5, 0.6) is 0 Å². The molecule has 0 aromatic carbocycles. The van der Waals surface area contributed by atoms with Gasteiger partial charge in [0.2, 0.25) is 0 Å². The Hall–Kier alpha value is -2.89. The molecular formula is C14H11N3O3. The van der Waals surface area contributed by atoms with E-state index in [-0.39, 0.29) is 12.1 Å². The third-order valence-electron chi connectivity index (χ3n) is 3.00. The maximum Gasteiger partial charge on any atom is 0.341 e. The van der Waals surface area contributed by atoms with Crippen LogP contribution in [0, 0.1) is 0 Å². The molecule has 6 nitrogen and oxygen atoms in total. The number of imidazole rings is 1. The number of nitrogens with zero attached hydrogens (tertiary/aromatic N) is 3. The highest BCUT2D eigenvalue weighted by Gasteiger charge is 2.11. The molecule has 3 aromatic rings. The molecule has 100 valence electrons. The standard InChI is InChI=1S/C14H11N3O3/c18-13-11(14(19)20)4-3-7-17(13)9-10-8-16-6-2-1-5-12(16)15-10/h1-8H,9H2,(H,19,20). The molecule has 1 N–H and O–H groups in total. The Morgan fingerprint density at radius 1 is 1.20 bits per heavy atom. The van der Waals surface area contributed by atoms with E-state index in [1.165, 1.54) is 10.6 Å². The molecular weight excluding hydrogens is 258 g/mol. The van der Waals surface area contributed by atoms with Gasteiger partial charge in [-0.15, -0.1) is 0 Å². The van der Waals surface area contributed by atoms with Crippen molar-refractivity contribution in [1.29, 1.82) is 0 Å². The van der Waals surface area contributed by atoms with Crippen molar-refractivity contribution in [1.82, 2.24) is 14.0 Å². The van der Waals surface area contributed by atoms with Crippen LogP contribution in [0.1, 0.15) is 16.1 Å². The molecule has 6 heteroatoms. The summed E-state index contributed by atoms with van der Waals surface area (Å²) in [7, 11) is 0. The van der Waals surface area contributed by atoms with Crippen LogP contribution in [0.2, 0.25) is 0 Å². The number of carboxylic acid groups (broad SMARTS) is 1. The Morgan fingerprint density at radius 2 is 2.05 bits per heavy atom. The minimum atomic E-state index is -1.22. The molecule has 0 atom stereocenters. The fourth-order valence-electron chi connectivity index (χ4n) is 2.06. The second-order valence-electron chi connectivity index (χ2n) is 4.36. The van der Waals surface area contributed by atoms with Gasteiger partial charge in [0.05, 0.1) is 12.2 Å². The molecule has 0 fully saturated rings. The molecule has 0 saturated heterocycles. The zero-order valence-electron chi connectivity index (χ0n) is 10.4. The maximum absolute atomic E-state index is 12.0. The van der Waals surface area contributed by atoms with Gasteiger partial charge in [-0.2, -0.15) is 0 Å². The van der Waals surface area contributed by atoms with Crippen molar-refractivity contribution in [2.75, 3.05) is 0 Å². The largest absolute Gasteiger partial charge is 0.477 e. The van der Waals surface area contributed by atoms with Crippen LogP contribution < -0.4 is 5.56 Å². The van der Waals surface area contributed by atoms with E-state index < -0.39 is 11.5 Å². The number of carboxylic acids is 1. The molecule has 0 spiro atoms. The van der Waals surface area contributed by atoms with Gasteiger partial charge < -0.3 is 14.1 Å². The molecule has 0 aliphatic heterocycles. The first-order valence-electron chi connectivity index (χ1n) is 6.00. The van der Waals surface area contributed by atoms with E-state index in [0.29, 0.717) is 5.69 Å². The second kappa shape index (κ2) is 4.65. The van der Waals surface area contributed by atoms with Crippen LogP contribution in [-0.4, -0.2) is 25.0 Å². The second-order valence-corrected chi connectivity index (χ2v) is 4.36. The smallest absolute Gasteiger partial charge is 0.341 e. The lowest BCUT2D eigenvalue weighted by Gasteiger charge is -2.03. The number of aromatic nitrogens is 3. The highest BCUT2D eigenvalue weighted by Crippen LogP contribution is 2.05. The molecule has 0 bridgehead atoms. The molecule has 0 radical (unpaired) electrons. The molecule has 0 aliphatic carbocycles. The first-order chi connectivity index (χ1) is 9.65. The van der Waals surface area contributed by atoms with Gasteiger partial charge in [-0.05, 0) is 24.3 Å². The van der Waals surface area contributed by atoms with Crippen molar-refractivity contribution in [2.24, 2.45) is 0 Å². The van der Waals surface area contributed by atoms with E-state index in [1.54, 1.807) is 12.3 Å². The number of hydrogen-bond donors (Lipinski definition) is 1. The van der Waals surface area contributed by atoms with E-state index in [2.05, 4.69) is 4.98 Å². The van der Waals surface area contributed by atoms with Crippen LogP contribution in [0.3, 0.4) is 0 Å². The van der Waals surface area contributed by atoms with Crippen molar-refractivity contribution in [3.63, 3.8) is 0 Å². The van der Waals surface area contributed by atoms with Gasteiger partial charge in [0, 0.05) is 18.6 Å². The molecule has 3 heterocycles. The number of aromatic carboxylic acids is 1. The van der Waals surface area contributed by atoms with Gasteiger partial charge in [-0.25, -0.2) is 9.78 Å². The number of hydrogen-bond acceptors (Lipinski definition) is 3. The summed E-state index contributed by atoms with van der Waals surface area (Å²) in [6, 6.07) is 8.46. The Balaban J connectivity index is 2.01. The Morgan fingerprint density at radius 3 is 2.80 bits per heavy atom. The lowest BCUT2D eigenvalue weighted by Crippen LogP contribution is -2.26. The van der Waals surface area contributed by atoms with Gasteiger partial charge in [-0.3, -0.25) is 4.79 Å². The fraction of sp³-hybridized carbons (Fsp3) is 0.0714. The first-order valence-corrected chi connectivity index (χ1v) is 6.00. The summed E-state index contributed by atoms with van der Waals surface area (Å²) in [5, 5.41) is 8.94. The number of fused-ring (bicyclic) bond motifs is 1. The minimum Gasteiger partial charge on any atom is -0.477 e. The molecule has 0 aliphatic rings. The number of pyridine rings is 2. The van der Waals surface area contributed by atoms with Crippen molar-refractivity contribution in [2.45, 2.75) is 6.54 Å². The molecule has 3 rings (SSSR count). The van der Waals surface area contributed by atoms with Crippen molar-refractivity contribution >= 4 is 11.6 Å². The Bertz CT molecular complexity index is 815. The third-order valence-corrected chi connectivity index (χ3v) is 3.00. The van der Waals surface area contributed by atoms with Gasteiger partial charge in [0.25, 0.3) is 5.56 Å². The highest BCUT2D eigenvalue weighted by molar-refractivity contribution is 5.86. The summed E-state index contributed by atoms with van der Waals surface area (Å²) in [6.45, 7) is 0.238. The number of rotatable bonds is 3. The maximum atomic E-state index is 12.0. The highest BCUT2D eigenvalue weighted by atomic mass is 16.4. The quantitative estimate of drug-likeness (QED) is 0.776. The summed E-state index contributed by atoms with van der Waals surface area (Å²) in [6.07, 6.45) is 5.23. The Kier molecular flexibility index (Phi) is 2.83. The predicted octanol–water partition coefficient (Wildman–Crippen LogP) is 1.24. The van der Waals surface area contributed by atoms with Crippen LogP contribution in [0.25, 0.3) is 5.65 Å². The van der Waals surface area contributed by atoms with E-state index >= 15 is 0 Å². The summed E-state index contributed by atoms with van der Waals surface area (Å²) in [4.78, 5) is 27.3. The summed E-state index contributed by atoms with van der Waals surface area (Å²) in [5.41, 5.74) is 0.707. The first kappa shape index (κ1) is 12.2. The topological polar surface area (TPSA) is 76.6 Å². The van der Waals surface area contributed by atoms with Gasteiger partial charge in [0.15, 0.2) is 0 Å². The Labute approximate surface area is 113 Å². The van der Waals surface area contributed by atoms with Gasteiger partial charge in [0.1, 0.15) is 11.2 Å². The predicted molar refractivity (Wildman–Crippen MR) is 72.0 cm³/mol. The zero-order chi connectivity index (χ0) is 14.1. The summed E-state index contributed by atoms with van der Waals surface area (Å²) < 4.78 is 3.19. The molecule has 0 amide bonds. The SMILES string of the molecule is O=C(O)c1cccn(Cc2cn3ccccc3n2)c1=O. The van der Waals surface area contributed by atoms with Crippen LogP contribution in [-0.2, 0) is 6.54 Å². The van der Waals surface area contributed by atoms with Crippen molar-refractivity contribution < 1.29 is 9.90 Å². The molecule has 0 saturated carbocycles. The minimum absolute atomic E-state index is 0.238. The molecule has 20 heavy (non-hydrogen) atoms. The third kappa shape index (κ3) is 2.07. The zero-order valence-corrected chi connectivity index (χ0v) is 10.4. The van der Waals surface area contributed by atoms with E-state index in [0.717, 1.165) is 5.65 Å². The van der Waals surface area contributed by atoms with Gasteiger partial charge in [-0.1, -0.05) is 6.07 Å². The number of carbonyl (C=O) groups is 1. The van der Waals surface area contributed by atoms with Crippen molar-refractivity contribution in [3.8, 4) is 0 Å². The van der Waals surface area contributed by atoms with Crippen LogP contribution in [0.15, 0.2) is 53.7 Å². The van der Waals surface area contributed by atoms with E-state index in [1.807, 2.05) is 35.0 Å². The average Bonchev–Trinajstić information content (AvgIpc) is 2.83. The van der Waals surface area contributed by atoms with Crippen LogP contribution in [0.4, 0.5) is 0 Å². The fourth-order valence-corrected chi connectivity index (χ4v) is 2.06. The molecule has 3 aromatic heterocycles.